The summed E-state index contributed by atoms with van der Waals surface area (Å²) in [6, 6.07) is 9.87. The van der Waals surface area contributed by atoms with Gasteiger partial charge in [-0.3, -0.25) is 14.9 Å². The smallest absolute Gasteiger partial charge is 0.274 e. The molecule has 0 radical (unpaired) electrons. The Kier molecular flexibility index (Phi) is 4.74. The molecule has 1 heterocycles. The second-order valence-electron chi connectivity index (χ2n) is 5.58. The lowest BCUT2D eigenvalue weighted by molar-refractivity contribution is -0.110. The van der Waals surface area contributed by atoms with Crippen LogP contribution in [0.15, 0.2) is 54.9 Å². The van der Waals surface area contributed by atoms with Crippen molar-refractivity contribution in [1.82, 2.24) is 9.78 Å². The number of halogens is 2. The normalized spacial score (nSPS) is 10.5. The molecule has 8 heteroatoms. The van der Waals surface area contributed by atoms with Gasteiger partial charge in [-0.15, -0.1) is 0 Å². The van der Waals surface area contributed by atoms with Crippen LogP contribution < -0.4 is 11.1 Å². The number of carbonyl (C=O) groups excluding carboxylic acids is 1. The van der Waals surface area contributed by atoms with E-state index in [0.717, 1.165) is 12.1 Å². The minimum atomic E-state index is -0.674. The van der Waals surface area contributed by atoms with Crippen LogP contribution in [-0.4, -0.2) is 21.4 Å². The molecule has 6 nitrogen and oxygen atoms in total. The molecular formula is C18H19F2N5O. The van der Waals surface area contributed by atoms with Crippen LogP contribution in [0, 0.1) is 17.0 Å². The van der Waals surface area contributed by atoms with Gasteiger partial charge < -0.3 is 11.1 Å². The molecule has 1 amide bonds. The molecule has 0 aliphatic heterocycles. The number of carbonyl (C=O) groups is 1. The van der Waals surface area contributed by atoms with Crippen LogP contribution in [0.3, 0.4) is 0 Å². The first-order valence-corrected chi connectivity index (χ1v) is 7.65. The number of anilines is 2. The van der Waals surface area contributed by atoms with Crippen molar-refractivity contribution >= 4 is 23.0 Å². The Hall–Kier alpha value is -3.55. The van der Waals surface area contributed by atoms with Crippen LogP contribution in [-0.2, 0) is 11.3 Å². The number of amides is 1. The van der Waals surface area contributed by atoms with Crippen LogP contribution in [0.4, 0.5) is 20.2 Å². The summed E-state index contributed by atoms with van der Waals surface area (Å²) < 4.78 is 28.0. The number of nitrogen functional groups attached to an aromatic ring is 1. The van der Waals surface area contributed by atoms with Gasteiger partial charge in [-0.05, 0) is 12.1 Å². The number of rotatable bonds is 5. The summed E-state index contributed by atoms with van der Waals surface area (Å²) in [6.45, 7) is 0.0745. The first kappa shape index (κ1) is 17.3. The highest BCUT2D eigenvalue weighted by molar-refractivity contribution is 6.48. The Labute approximate surface area is 150 Å². The summed E-state index contributed by atoms with van der Waals surface area (Å²) in [5.74, 6) is -1.97. The van der Waals surface area contributed by atoms with E-state index in [1.54, 1.807) is 24.3 Å². The molecule has 0 saturated carbocycles. The van der Waals surface area contributed by atoms with Crippen molar-refractivity contribution < 1.29 is 16.4 Å². The van der Waals surface area contributed by atoms with Gasteiger partial charge in [0.05, 0.1) is 18.4 Å². The molecule has 0 saturated heterocycles. The summed E-state index contributed by atoms with van der Waals surface area (Å²) in [4.78, 5) is 12.2. The zero-order valence-corrected chi connectivity index (χ0v) is 13.5. The Bertz CT molecular complexity index is 994. The third-order valence-electron chi connectivity index (χ3n) is 3.70. The maximum Gasteiger partial charge on any atom is 0.274 e. The van der Waals surface area contributed by atoms with Gasteiger partial charge in [0.2, 0.25) is 0 Å². The molecule has 3 rings (SSSR count). The summed E-state index contributed by atoms with van der Waals surface area (Å²) in [5, 5.41) is 14.5. The van der Waals surface area contributed by atoms with Crippen molar-refractivity contribution in [2.45, 2.75) is 6.54 Å². The van der Waals surface area contributed by atoms with E-state index in [9.17, 15) is 13.6 Å². The van der Waals surface area contributed by atoms with Gasteiger partial charge in [0, 0.05) is 31.9 Å². The van der Waals surface area contributed by atoms with Crippen LogP contribution in [0.25, 0.3) is 0 Å². The Morgan fingerprint density at radius 1 is 1.27 bits per heavy atom. The van der Waals surface area contributed by atoms with E-state index >= 15 is 0 Å². The fraction of sp³-hybridized carbons (Fsp3) is 0.0556. The maximum atomic E-state index is 13.7. The highest BCUT2D eigenvalue weighted by atomic mass is 19.1. The van der Waals surface area contributed by atoms with E-state index in [-0.39, 0.29) is 20.7 Å². The fourth-order valence-electron chi connectivity index (χ4n) is 2.38. The number of aromatic nitrogens is 2. The average molecular weight is 359 g/mol. The second-order valence-corrected chi connectivity index (χ2v) is 5.58. The highest BCUT2D eigenvalue weighted by Gasteiger charge is 2.15. The predicted octanol–water partition coefficient (Wildman–Crippen LogP) is 3.29. The van der Waals surface area contributed by atoms with Gasteiger partial charge in [-0.1, -0.05) is 24.3 Å². The number of hydrogen-bond acceptors (Lipinski definition) is 4. The summed E-state index contributed by atoms with van der Waals surface area (Å²) in [7, 11) is 0. The van der Waals surface area contributed by atoms with Crippen LogP contribution >= 0.6 is 0 Å². The van der Waals surface area contributed by atoms with E-state index in [2.05, 4.69) is 10.4 Å². The van der Waals surface area contributed by atoms with Crippen LogP contribution in [0.2, 0.25) is 0 Å². The molecule has 26 heavy (non-hydrogen) atoms. The maximum absolute atomic E-state index is 13.7. The SMILES string of the molecule is N=C(C(=O)Nc1cnn(Cc2ccc(F)cc2F)c1)c1ccccc1N.[HH].[HH]. The fourth-order valence-corrected chi connectivity index (χ4v) is 2.38. The van der Waals surface area contributed by atoms with Gasteiger partial charge in [0.1, 0.15) is 17.3 Å². The summed E-state index contributed by atoms with van der Waals surface area (Å²) in [5.41, 5.74) is 6.75. The van der Waals surface area contributed by atoms with Crippen LogP contribution in [0.5, 0.6) is 0 Å². The van der Waals surface area contributed by atoms with Gasteiger partial charge >= 0.3 is 0 Å². The minimum absolute atomic E-state index is 0. The topological polar surface area (TPSA) is 96.8 Å². The standard InChI is InChI=1S/C18H15F2N5O.2H2/c19-12-6-5-11(15(20)7-12)9-25-10-13(8-23-25)24-18(26)17(22)14-3-1-2-4-16(14)21;;/h1-8,10,22H,9,21H2,(H,24,26);2*1H. The predicted molar refractivity (Wildman–Crippen MR) is 98.2 cm³/mol. The highest BCUT2D eigenvalue weighted by Crippen LogP contribution is 2.15. The molecule has 0 unspecified atom stereocenters. The monoisotopic (exact) mass is 359 g/mol. The summed E-state index contributed by atoms with van der Waals surface area (Å²) >= 11 is 0. The van der Waals surface area contributed by atoms with Gasteiger partial charge in [-0.2, -0.15) is 5.10 Å². The first-order valence-electron chi connectivity index (χ1n) is 7.65. The Balaban J connectivity index is 0.00000196. The molecule has 0 bridgehead atoms. The van der Waals surface area contributed by atoms with E-state index in [4.69, 9.17) is 11.1 Å². The zero-order valence-electron chi connectivity index (χ0n) is 13.5. The van der Waals surface area contributed by atoms with Crippen molar-refractivity contribution in [3.05, 3.63) is 77.6 Å². The van der Waals surface area contributed by atoms with E-state index in [0.29, 0.717) is 16.9 Å². The third kappa shape index (κ3) is 3.75. The van der Waals surface area contributed by atoms with E-state index in [1.165, 1.54) is 23.1 Å². The van der Waals surface area contributed by atoms with E-state index < -0.39 is 17.5 Å². The van der Waals surface area contributed by atoms with Crippen molar-refractivity contribution in [2.75, 3.05) is 11.1 Å². The van der Waals surface area contributed by atoms with E-state index in [1.807, 2.05) is 0 Å². The summed E-state index contributed by atoms with van der Waals surface area (Å²) in [6.07, 6.45) is 2.86. The third-order valence-corrected chi connectivity index (χ3v) is 3.70. The lowest BCUT2D eigenvalue weighted by Crippen LogP contribution is -2.23. The number of hydrogen-bond donors (Lipinski definition) is 3. The van der Waals surface area contributed by atoms with Crippen molar-refractivity contribution in [1.29, 1.82) is 5.41 Å². The Morgan fingerprint density at radius 2 is 2.04 bits per heavy atom. The molecule has 0 aliphatic carbocycles. The van der Waals surface area contributed by atoms with Gasteiger partial charge in [-0.25, -0.2) is 8.78 Å². The quantitative estimate of drug-likeness (QED) is 0.482. The van der Waals surface area contributed by atoms with Crippen molar-refractivity contribution in [2.24, 2.45) is 0 Å². The molecule has 136 valence electrons. The largest absolute Gasteiger partial charge is 0.398 e. The average Bonchev–Trinajstić information content (AvgIpc) is 3.04. The molecule has 3 aromatic rings. The molecule has 1 aromatic heterocycles. The van der Waals surface area contributed by atoms with Crippen molar-refractivity contribution in [3.8, 4) is 0 Å². The van der Waals surface area contributed by atoms with Gasteiger partial charge in [0.15, 0.2) is 0 Å². The zero-order chi connectivity index (χ0) is 18.7. The minimum Gasteiger partial charge on any atom is -0.398 e. The molecule has 0 spiro atoms. The Morgan fingerprint density at radius 3 is 2.77 bits per heavy atom. The number of nitrogens with one attached hydrogen (secondary N) is 2. The number of benzene rings is 2. The molecule has 0 aliphatic rings. The van der Waals surface area contributed by atoms with Crippen LogP contribution in [0.1, 0.15) is 14.0 Å². The molecular weight excluding hydrogens is 340 g/mol. The molecule has 0 fully saturated rings. The first-order chi connectivity index (χ1) is 12.4. The molecule has 4 N–H and O–H groups in total. The second kappa shape index (κ2) is 7.14. The van der Waals surface area contributed by atoms with Crippen molar-refractivity contribution in [3.63, 3.8) is 0 Å². The molecule has 0 atom stereocenters. The number of nitrogens with two attached hydrogens (primary N) is 1. The van der Waals surface area contributed by atoms with Gasteiger partial charge in [0.25, 0.3) is 5.91 Å². The number of para-hydroxylation sites is 1. The lowest BCUT2D eigenvalue weighted by Gasteiger charge is -2.07. The number of nitrogens with zero attached hydrogens (tertiary/aromatic N) is 2. The lowest BCUT2D eigenvalue weighted by atomic mass is 10.1. The molecule has 2 aromatic carbocycles.